The number of hydrogen-bond donors (Lipinski definition) is 2. The topological polar surface area (TPSA) is 95.1 Å². The lowest BCUT2D eigenvalue weighted by molar-refractivity contribution is -0.274. The molecule has 0 saturated carbocycles. The Balaban J connectivity index is 1.94. The normalized spacial score (nSPS) is 11.4. The van der Waals surface area contributed by atoms with Crippen LogP contribution in [-0.2, 0) is 4.79 Å². The number of ether oxygens (including phenoxy) is 4. The second-order valence-corrected chi connectivity index (χ2v) is 7.36. The number of rotatable bonds is 9. The van der Waals surface area contributed by atoms with Crippen molar-refractivity contribution < 1.29 is 41.7 Å². The number of alkyl halides is 3. The molecule has 0 unspecified atom stereocenters. The van der Waals surface area contributed by atoms with Crippen molar-refractivity contribution in [2.75, 3.05) is 26.6 Å². The summed E-state index contributed by atoms with van der Waals surface area (Å²) in [5, 5.41) is 5.11. The molecule has 0 aliphatic carbocycles. The van der Waals surface area contributed by atoms with Gasteiger partial charge >= 0.3 is 6.36 Å². The molecule has 0 fully saturated rings. The van der Waals surface area contributed by atoms with Gasteiger partial charge in [0.2, 0.25) is 5.75 Å². The Bertz CT molecular complexity index is 1250. The van der Waals surface area contributed by atoms with Gasteiger partial charge in [-0.05, 0) is 60.2 Å². The van der Waals surface area contributed by atoms with Crippen molar-refractivity contribution in [3.63, 3.8) is 0 Å². The summed E-state index contributed by atoms with van der Waals surface area (Å²) in [6, 6.07) is 15.9. The third-order valence-electron chi connectivity index (χ3n) is 4.87. The molecule has 2 N–H and O–H groups in total. The highest BCUT2D eigenvalue weighted by Gasteiger charge is 2.31. The third-order valence-corrected chi connectivity index (χ3v) is 4.87. The first-order chi connectivity index (χ1) is 17.6. The summed E-state index contributed by atoms with van der Waals surface area (Å²) >= 11 is 0. The van der Waals surface area contributed by atoms with E-state index >= 15 is 0 Å². The third kappa shape index (κ3) is 7.40. The van der Waals surface area contributed by atoms with Gasteiger partial charge in [-0.3, -0.25) is 9.59 Å². The Morgan fingerprint density at radius 1 is 0.838 bits per heavy atom. The van der Waals surface area contributed by atoms with Gasteiger partial charge in [-0.2, -0.15) is 0 Å². The van der Waals surface area contributed by atoms with Crippen molar-refractivity contribution in [1.82, 2.24) is 5.32 Å². The summed E-state index contributed by atoms with van der Waals surface area (Å²) in [6.45, 7) is 0. The molecule has 0 aromatic heterocycles. The number of benzene rings is 3. The number of halogens is 3. The maximum absolute atomic E-state index is 13.1. The molecule has 3 aromatic rings. The Kier molecular flexibility index (Phi) is 8.62. The zero-order valence-electron chi connectivity index (χ0n) is 20.0. The fraction of sp³-hybridized carbons (Fsp3) is 0.154. The van der Waals surface area contributed by atoms with Gasteiger partial charge in [0.1, 0.15) is 11.4 Å². The maximum Gasteiger partial charge on any atom is 0.573 e. The van der Waals surface area contributed by atoms with Gasteiger partial charge in [0.05, 0.1) is 21.3 Å². The largest absolute Gasteiger partial charge is 0.573 e. The van der Waals surface area contributed by atoms with E-state index in [0.717, 1.165) is 12.1 Å². The maximum atomic E-state index is 13.1. The molecule has 194 valence electrons. The SMILES string of the molecule is COc1cc(/C=C(\NC(=O)c2ccccc2)C(=O)Nc2ccc(OC(F)(F)F)cc2)cc(OC)c1OC. The lowest BCUT2D eigenvalue weighted by Crippen LogP contribution is -2.30. The van der Waals surface area contributed by atoms with E-state index in [1.165, 1.54) is 39.5 Å². The lowest BCUT2D eigenvalue weighted by atomic mass is 10.1. The van der Waals surface area contributed by atoms with Gasteiger partial charge in [0.15, 0.2) is 11.5 Å². The Hall–Kier alpha value is -4.67. The molecule has 3 aromatic carbocycles. The first kappa shape index (κ1) is 26.9. The molecule has 3 rings (SSSR count). The molecule has 37 heavy (non-hydrogen) atoms. The lowest BCUT2D eigenvalue weighted by Gasteiger charge is -2.15. The number of carbonyl (C=O) groups excluding carboxylic acids is 2. The number of carbonyl (C=O) groups is 2. The minimum Gasteiger partial charge on any atom is -0.493 e. The fourth-order valence-electron chi connectivity index (χ4n) is 3.23. The first-order valence-electron chi connectivity index (χ1n) is 10.7. The second-order valence-electron chi connectivity index (χ2n) is 7.36. The Labute approximate surface area is 210 Å². The van der Waals surface area contributed by atoms with E-state index in [0.29, 0.717) is 28.4 Å². The molecule has 11 heteroatoms. The fourth-order valence-corrected chi connectivity index (χ4v) is 3.23. The minimum absolute atomic E-state index is 0.154. The van der Waals surface area contributed by atoms with Crippen molar-refractivity contribution in [3.8, 4) is 23.0 Å². The van der Waals surface area contributed by atoms with Gasteiger partial charge in [-0.1, -0.05) is 18.2 Å². The zero-order chi connectivity index (χ0) is 27.0. The van der Waals surface area contributed by atoms with E-state index in [1.807, 2.05) is 0 Å². The second kappa shape index (κ2) is 11.8. The molecule has 0 bridgehead atoms. The number of hydrogen-bond acceptors (Lipinski definition) is 6. The molecule has 0 aliphatic heterocycles. The van der Waals surface area contributed by atoms with Gasteiger partial charge in [-0.15, -0.1) is 13.2 Å². The Morgan fingerprint density at radius 2 is 1.43 bits per heavy atom. The summed E-state index contributed by atoms with van der Waals surface area (Å²) in [4.78, 5) is 25.9. The quantitative estimate of drug-likeness (QED) is 0.388. The Morgan fingerprint density at radius 3 is 1.95 bits per heavy atom. The number of amides is 2. The van der Waals surface area contributed by atoms with Crippen LogP contribution in [-0.4, -0.2) is 39.5 Å². The van der Waals surface area contributed by atoms with Crippen molar-refractivity contribution in [2.45, 2.75) is 6.36 Å². The van der Waals surface area contributed by atoms with Crippen LogP contribution in [0.5, 0.6) is 23.0 Å². The standard InChI is InChI=1S/C26H23F3N2O6/c1-34-21-14-16(15-22(35-2)23(21)36-3)13-20(31-24(32)17-7-5-4-6-8-17)25(33)30-18-9-11-19(12-10-18)37-26(27,28)29/h4-15H,1-3H3,(H,30,33)(H,31,32)/b20-13-. The van der Waals surface area contributed by atoms with E-state index in [9.17, 15) is 22.8 Å². The van der Waals surface area contributed by atoms with E-state index in [4.69, 9.17) is 14.2 Å². The molecule has 0 radical (unpaired) electrons. The van der Waals surface area contributed by atoms with Gasteiger partial charge in [0.25, 0.3) is 11.8 Å². The summed E-state index contributed by atoms with van der Waals surface area (Å²) in [5.74, 6) is -0.755. The van der Waals surface area contributed by atoms with E-state index in [2.05, 4.69) is 15.4 Å². The molecular weight excluding hydrogens is 493 g/mol. The number of anilines is 1. The van der Waals surface area contributed by atoms with Crippen LogP contribution in [0, 0.1) is 0 Å². The highest BCUT2D eigenvalue weighted by Crippen LogP contribution is 2.38. The summed E-state index contributed by atoms with van der Waals surface area (Å²) < 4.78 is 57.1. The predicted molar refractivity (Wildman–Crippen MR) is 130 cm³/mol. The van der Waals surface area contributed by atoms with Crippen LogP contribution >= 0.6 is 0 Å². The average molecular weight is 516 g/mol. The number of nitrogens with one attached hydrogen (secondary N) is 2. The van der Waals surface area contributed by atoms with Crippen LogP contribution in [0.15, 0.2) is 72.4 Å². The molecule has 0 saturated heterocycles. The van der Waals surface area contributed by atoms with Crippen LogP contribution < -0.4 is 29.6 Å². The van der Waals surface area contributed by atoms with E-state index in [1.54, 1.807) is 42.5 Å². The van der Waals surface area contributed by atoms with Gasteiger partial charge < -0.3 is 29.6 Å². The van der Waals surface area contributed by atoms with Crippen LogP contribution in [0.1, 0.15) is 15.9 Å². The molecule has 0 heterocycles. The highest BCUT2D eigenvalue weighted by molar-refractivity contribution is 6.10. The summed E-state index contributed by atoms with van der Waals surface area (Å²) in [6.07, 6.45) is -3.45. The first-order valence-corrected chi connectivity index (χ1v) is 10.7. The summed E-state index contributed by atoms with van der Waals surface area (Å²) in [5.41, 5.74) is 0.754. The molecular formula is C26H23F3N2O6. The zero-order valence-corrected chi connectivity index (χ0v) is 20.0. The smallest absolute Gasteiger partial charge is 0.493 e. The molecule has 0 spiro atoms. The average Bonchev–Trinajstić information content (AvgIpc) is 2.88. The van der Waals surface area contributed by atoms with E-state index in [-0.39, 0.29) is 11.4 Å². The van der Waals surface area contributed by atoms with Crippen LogP contribution in [0.25, 0.3) is 6.08 Å². The molecule has 0 aliphatic rings. The van der Waals surface area contributed by atoms with Crippen LogP contribution in [0.3, 0.4) is 0 Å². The van der Waals surface area contributed by atoms with Crippen molar-refractivity contribution in [3.05, 3.63) is 83.6 Å². The van der Waals surface area contributed by atoms with Crippen LogP contribution in [0.4, 0.5) is 18.9 Å². The molecule has 2 amide bonds. The summed E-state index contributed by atoms with van der Waals surface area (Å²) in [7, 11) is 4.31. The van der Waals surface area contributed by atoms with E-state index < -0.39 is 23.9 Å². The van der Waals surface area contributed by atoms with Crippen molar-refractivity contribution in [1.29, 1.82) is 0 Å². The van der Waals surface area contributed by atoms with Crippen LogP contribution in [0.2, 0.25) is 0 Å². The molecule has 8 nitrogen and oxygen atoms in total. The highest BCUT2D eigenvalue weighted by atomic mass is 19.4. The van der Waals surface area contributed by atoms with Crippen molar-refractivity contribution in [2.24, 2.45) is 0 Å². The number of methoxy groups -OCH3 is 3. The van der Waals surface area contributed by atoms with Gasteiger partial charge in [0, 0.05) is 11.3 Å². The van der Waals surface area contributed by atoms with Crippen molar-refractivity contribution >= 4 is 23.6 Å². The predicted octanol–water partition coefficient (Wildman–Crippen LogP) is 5.02. The monoisotopic (exact) mass is 516 g/mol. The van der Waals surface area contributed by atoms with Gasteiger partial charge in [-0.25, -0.2) is 0 Å². The molecule has 0 atom stereocenters. The minimum atomic E-state index is -4.84.